The fourth-order valence-electron chi connectivity index (χ4n) is 0.547. The Morgan fingerprint density at radius 1 is 1.23 bits per heavy atom. The maximum Gasteiger partial charge on any atom is 0.358 e. The molecule has 0 aromatic carbocycles. The molecule has 0 aromatic rings. The standard InChI is InChI=1S/C9H16O4/c1-4-5-6-8(10)12-13-9(11)7(2)3/h7H,4-6H2,1-3H3. The molecular formula is C9H16O4. The van der Waals surface area contributed by atoms with Gasteiger partial charge >= 0.3 is 11.9 Å². The summed E-state index contributed by atoms with van der Waals surface area (Å²) in [7, 11) is 0. The van der Waals surface area contributed by atoms with Crippen LogP contribution in [0.5, 0.6) is 0 Å². The first-order chi connectivity index (χ1) is 6.07. The van der Waals surface area contributed by atoms with Crippen molar-refractivity contribution in [3.05, 3.63) is 0 Å². The minimum absolute atomic E-state index is 0.279. The van der Waals surface area contributed by atoms with Crippen LogP contribution in [0.25, 0.3) is 0 Å². The van der Waals surface area contributed by atoms with E-state index in [1.54, 1.807) is 13.8 Å². The average molecular weight is 188 g/mol. The van der Waals surface area contributed by atoms with Crippen LogP contribution in [0.2, 0.25) is 0 Å². The molecule has 0 atom stereocenters. The van der Waals surface area contributed by atoms with E-state index in [9.17, 15) is 9.59 Å². The van der Waals surface area contributed by atoms with Gasteiger partial charge in [-0.2, -0.15) is 0 Å². The van der Waals surface area contributed by atoms with Crippen molar-refractivity contribution in [3.8, 4) is 0 Å². The van der Waals surface area contributed by atoms with E-state index in [2.05, 4.69) is 9.78 Å². The van der Waals surface area contributed by atoms with Crippen LogP contribution < -0.4 is 0 Å². The van der Waals surface area contributed by atoms with Crippen molar-refractivity contribution in [3.63, 3.8) is 0 Å². The van der Waals surface area contributed by atoms with Gasteiger partial charge in [-0.25, -0.2) is 19.4 Å². The maximum atomic E-state index is 10.8. The molecule has 0 fully saturated rings. The lowest BCUT2D eigenvalue weighted by Crippen LogP contribution is -2.15. The lowest BCUT2D eigenvalue weighted by molar-refractivity contribution is -0.261. The lowest BCUT2D eigenvalue weighted by atomic mass is 10.2. The SMILES string of the molecule is CCCCC(=O)OOC(=O)C(C)C. The minimum atomic E-state index is -0.523. The van der Waals surface area contributed by atoms with Gasteiger partial charge in [0.2, 0.25) is 0 Å². The molecule has 4 nitrogen and oxygen atoms in total. The van der Waals surface area contributed by atoms with Crippen LogP contribution in [-0.4, -0.2) is 11.9 Å². The zero-order chi connectivity index (χ0) is 10.3. The summed E-state index contributed by atoms with van der Waals surface area (Å²) in [5.74, 6) is -1.29. The number of carbonyl (C=O) groups is 2. The topological polar surface area (TPSA) is 52.6 Å². The molecule has 0 aliphatic heterocycles. The second-order valence-corrected chi connectivity index (χ2v) is 3.12. The molecule has 0 saturated carbocycles. The summed E-state index contributed by atoms with van der Waals surface area (Å²) in [4.78, 5) is 30.2. The minimum Gasteiger partial charge on any atom is -0.247 e. The first-order valence-electron chi connectivity index (χ1n) is 4.49. The summed E-state index contributed by atoms with van der Waals surface area (Å²) in [6.07, 6.45) is 1.95. The maximum absolute atomic E-state index is 10.8. The van der Waals surface area contributed by atoms with Crippen LogP contribution in [0, 0.1) is 5.92 Å². The van der Waals surface area contributed by atoms with Gasteiger partial charge in [0.25, 0.3) is 0 Å². The zero-order valence-electron chi connectivity index (χ0n) is 8.33. The summed E-state index contributed by atoms with van der Waals surface area (Å²) >= 11 is 0. The van der Waals surface area contributed by atoms with Crippen LogP contribution >= 0.6 is 0 Å². The fourth-order valence-corrected chi connectivity index (χ4v) is 0.547. The zero-order valence-corrected chi connectivity index (χ0v) is 8.33. The van der Waals surface area contributed by atoms with Gasteiger partial charge in [0.1, 0.15) is 0 Å². The Morgan fingerprint density at radius 2 is 1.85 bits per heavy atom. The molecule has 0 saturated heterocycles. The van der Waals surface area contributed by atoms with E-state index in [0.29, 0.717) is 6.42 Å². The first-order valence-corrected chi connectivity index (χ1v) is 4.49. The number of carbonyl (C=O) groups excluding carboxylic acids is 2. The summed E-state index contributed by atoms with van der Waals surface area (Å²) in [5, 5.41) is 0. The lowest BCUT2D eigenvalue weighted by Gasteiger charge is -2.04. The summed E-state index contributed by atoms with van der Waals surface area (Å²) in [6.45, 7) is 5.30. The number of hydrogen-bond acceptors (Lipinski definition) is 4. The van der Waals surface area contributed by atoms with Crippen LogP contribution in [0.4, 0.5) is 0 Å². The number of rotatable bonds is 4. The predicted molar refractivity (Wildman–Crippen MR) is 46.5 cm³/mol. The van der Waals surface area contributed by atoms with E-state index in [-0.39, 0.29) is 5.92 Å². The van der Waals surface area contributed by atoms with Crippen molar-refractivity contribution < 1.29 is 19.4 Å². The molecule has 13 heavy (non-hydrogen) atoms. The smallest absolute Gasteiger partial charge is 0.247 e. The molecule has 0 rings (SSSR count). The van der Waals surface area contributed by atoms with Crippen molar-refractivity contribution in [2.75, 3.05) is 0 Å². The van der Waals surface area contributed by atoms with E-state index in [4.69, 9.17) is 0 Å². The third-order valence-corrected chi connectivity index (χ3v) is 1.42. The van der Waals surface area contributed by atoms with Crippen molar-refractivity contribution >= 4 is 11.9 Å². The van der Waals surface area contributed by atoms with E-state index in [1.807, 2.05) is 6.92 Å². The molecule has 0 aromatic heterocycles. The van der Waals surface area contributed by atoms with Gasteiger partial charge in [0.05, 0.1) is 12.3 Å². The molecule has 0 amide bonds. The number of hydrogen-bond donors (Lipinski definition) is 0. The Hall–Kier alpha value is -1.06. The van der Waals surface area contributed by atoms with Crippen molar-refractivity contribution in [1.29, 1.82) is 0 Å². The van der Waals surface area contributed by atoms with Gasteiger partial charge in [-0.1, -0.05) is 27.2 Å². The molecule has 0 spiro atoms. The van der Waals surface area contributed by atoms with Gasteiger partial charge in [-0.3, -0.25) is 0 Å². The van der Waals surface area contributed by atoms with Crippen LogP contribution in [0.15, 0.2) is 0 Å². The van der Waals surface area contributed by atoms with Crippen molar-refractivity contribution in [1.82, 2.24) is 0 Å². The fraction of sp³-hybridized carbons (Fsp3) is 0.778. The molecule has 0 N–H and O–H groups in total. The molecule has 0 bridgehead atoms. The molecule has 76 valence electrons. The molecule has 4 heteroatoms. The van der Waals surface area contributed by atoms with Gasteiger partial charge in [0.15, 0.2) is 0 Å². The van der Waals surface area contributed by atoms with Crippen LogP contribution in [0.1, 0.15) is 40.0 Å². The monoisotopic (exact) mass is 188 g/mol. The van der Waals surface area contributed by atoms with E-state index < -0.39 is 11.9 Å². The highest BCUT2D eigenvalue weighted by atomic mass is 17.2. The largest absolute Gasteiger partial charge is 0.358 e. The Bertz CT molecular complexity index is 174. The molecule has 0 radical (unpaired) electrons. The Labute approximate surface area is 78.1 Å². The predicted octanol–water partition coefficient (Wildman–Crippen LogP) is 1.83. The third-order valence-electron chi connectivity index (χ3n) is 1.42. The quantitative estimate of drug-likeness (QED) is 0.499. The molecule has 0 unspecified atom stereocenters. The van der Waals surface area contributed by atoms with Crippen molar-refractivity contribution in [2.24, 2.45) is 5.92 Å². The Balaban J connectivity index is 3.52. The summed E-state index contributed by atoms with van der Waals surface area (Å²) < 4.78 is 0. The van der Waals surface area contributed by atoms with E-state index >= 15 is 0 Å². The highest BCUT2D eigenvalue weighted by molar-refractivity contribution is 5.73. The van der Waals surface area contributed by atoms with E-state index in [1.165, 1.54) is 0 Å². The molecule has 0 aliphatic rings. The van der Waals surface area contributed by atoms with Crippen LogP contribution in [0.3, 0.4) is 0 Å². The second-order valence-electron chi connectivity index (χ2n) is 3.12. The van der Waals surface area contributed by atoms with Gasteiger partial charge < -0.3 is 0 Å². The second kappa shape index (κ2) is 6.46. The van der Waals surface area contributed by atoms with Gasteiger partial charge in [-0.05, 0) is 6.42 Å². The molecule has 0 aliphatic carbocycles. The highest BCUT2D eigenvalue weighted by Crippen LogP contribution is 2.00. The first kappa shape index (κ1) is 11.9. The van der Waals surface area contributed by atoms with E-state index in [0.717, 1.165) is 12.8 Å². The third kappa shape index (κ3) is 6.13. The Morgan fingerprint density at radius 3 is 2.31 bits per heavy atom. The normalized spacial score (nSPS) is 9.85. The molecule has 0 heterocycles. The van der Waals surface area contributed by atoms with Gasteiger partial charge in [0, 0.05) is 0 Å². The molecular weight excluding hydrogens is 172 g/mol. The summed E-state index contributed by atoms with van der Waals surface area (Å²) in [6, 6.07) is 0. The average Bonchev–Trinajstić information content (AvgIpc) is 2.10. The van der Waals surface area contributed by atoms with Gasteiger partial charge in [-0.15, -0.1) is 0 Å². The Kier molecular flexibility index (Phi) is 5.93. The van der Waals surface area contributed by atoms with Crippen LogP contribution in [-0.2, 0) is 19.4 Å². The highest BCUT2D eigenvalue weighted by Gasteiger charge is 2.12. The summed E-state index contributed by atoms with van der Waals surface area (Å²) in [5.41, 5.74) is 0. The number of unbranched alkanes of at least 4 members (excludes halogenated alkanes) is 1. The van der Waals surface area contributed by atoms with Crippen molar-refractivity contribution in [2.45, 2.75) is 40.0 Å².